The first-order chi connectivity index (χ1) is 15.2. The van der Waals surface area contributed by atoms with Crippen molar-refractivity contribution >= 4 is 16.7 Å². The molecule has 0 radical (unpaired) electrons. The van der Waals surface area contributed by atoms with Crippen LogP contribution in [-0.4, -0.2) is 58.6 Å². The van der Waals surface area contributed by atoms with E-state index in [0.717, 1.165) is 47.8 Å². The third-order valence-electron chi connectivity index (χ3n) is 5.77. The molecule has 0 aliphatic carbocycles. The number of aromatic nitrogens is 2. The van der Waals surface area contributed by atoms with Crippen molar-refractivity contribution in [2.45, 2.75) is 12.3 Å². The number of hydrogen-bond acceptors (Lipinski definition) is 8. The van der Waals surface area contributed by atoms with Crippen LogP contribution in [0.25, 0.3) is 10.9 Å². The number of ether oxygens (including phenoxy) is 5. The molecule has 1 fully saturated rings. The lowest BCUT2D eigenvalue weighted by atomic mass is 9.97. The number of benzene rings is 2. The van der Waals surface area contributed by atoms with E-state index in [-0.39, 0.29) is 5.92 Å². The molecule has 4 rings (SSSR count). The van der Waals surface area contributed by atoms with Crippen molar-refractivity contribution in [3.63, 3.8) is 0 Å². The highest BCUT2D eigenvalue weighted by atomic mass is 16.5. The normalized spacial score (nSPS) is 15.8. The van der Waals surface area contributed by atoms with E-state index >= 15 is 0 Å². The average molecular weight is 425 g/mol. The highest BCUT2D eigenvalue weighted by molar-refractivity contribution is 5.97. The topological polar surface area (TPSA) is 75.2 Å². The van der Waals surface area contributed by atoms with Crippen LogP contribution in [-0.2, 0) is 0 Å². The fourth-order valence-electron chi connectivity index (χ4n) is 4.34. The second-order valence-corrected chi connectivity index (χ2v) is 7.25. The van der Waals surface area contributed by atoms with Gasteiger partial charge >= 0.3 is 0 Å². The molecule has 1 atom stereocenters. The molecule has 8 nitrogen and oxygen atoms in total. The maximum Gasteiger partial charge on any atom is 0.205 e. The molecule has 1 unspecified atom stereocenters. The summed E-state index contributed by atoms with van der Waals surface area (Å²) in [7, 11) is 8.12. The van der Waals surface area contributed by atoms with Crippen LogP contribution in [0, 0.1) is 0 Å². The fraction of sp³-hybridized carbons (Fsp3) is 0.391. The minimum absolute atomic E-state index is 0.289. The molecule has 1 saturated heterocycles. The van der Waals surface area contributed by atoms with Gasteiger partial charge in [0.2, 0.25) is 5.75 Å². The highest BCUT2D eigenvalue weighted by Crippen LogP contribution is 2.46. The van der Waals surface area contributed by atoms with E-state index in [9.17, 15) is 0 Å². The van der Waals surface area contributed by atoms with Gasteiger partial charge in [0.25, 0.3) is 0 Å². The van der Waals surface area contributed by atoms with Crippen LogP contribution in [0.2, 0.25) is 0 Å². The molecule has 1 aromatic heterocycles. The molecule has 0 bridgehead atoms. The van der Waals surface area contributed by atoms with Crippen molar-refractivity contribution in [1.82, 2.24) is 9.97 Å². The Morgan fingerprint density at radius 2 is 1.58 bits per heavy atom. The summed E-state index contributed by atoms with van der Waals surface area (Å²) < 4.78 is 27.8. The van der Waals surface area contributed by atoms with E-state index in [0.29, 0.717) is 22.8 Å². The van der Waals surface area contributed by atoms with Crippen molar-refractivity contribution < 1.29 is 23.7 Å². The maximum atomic E-state index is 5.66. The van der Waals surface area contributed by atoms with Gasteiger partial charge in [0.1, 0.15) is 17.7 Å². The Balaban J connectivity index is 1.74. The number of methoxy groups -OCH3 is 5. The quantitative estimate of drug-likeness (QED) is 0.568. The van der Waals surface area contributed by atoms with Gasteiger partial charge in [-0.15, -0.1) is 0 Å². The molecular formula is C23H27N3O5. The number of para-hydroxylation sites is 1. The number of anilines is 1. The zero-order valence-corrected chi connectivity index (χ0v) is 18.5. The predicted molar refractivity (Wildman–Crippen MR) is 118 cm³/mol. The average Bonchev–Trinajstić information content (AvgIpc) is 3.31. The zero-order valence-electron chi connectivity index (χ0n) is 18.5. The minimum Gasteiger partial charge on any atom is -0.493 e. The lowest BCUT2D eigenvalue weighted by molar-refractivity contribution is 0.327. The van der Waals surface area contributed by atoms with Crippen molar-refractivity contribution in [1.29, 1.82) is 0 Å². The summed E-state index contributed by atoms with van der Waals surface area (Å²) >= 11 is 0. The number of nitrogens with zero attached hydrogens (tertiary/aromatic N) is 3. The molecule has 2 aromatic carbocycles. The summed E-state index contributed by atoms with van der Waals surface area (Å²) in [5.74, 6) is 4.29. The Hall–Kier alpha value is -3.42. The molecule has 31 heavy (non-hydrogen) atoms. The molecule has 3 aromatic rings. The number of fused-ring (bicyclic) bond motifs is 1. The van der Waals surface area contributed by atoms with Gasteiger partial charge in [-0.1, -0.05) is 12.1 Å². The van der Waals surface area contributed by atoms with Crippen LogP contribution in [0.3, 0.4) is 0 Å². The van der Waals surface area contributed by atoms with Gasteiger partial charge in [0, 0.05) is 24.6 Å². The smallest absolute Gasteiger partial charge is 0.205 e. The molecule has 1 aliphatic heterocycles. The minimum atomic E-state index is 0.289. The van der Waals surface area contributed by atoms with Crippen LogP contribution in [0.5, 0.6) is 28.7 Å². The number of rotatable bonds is 7. The maximum absolute atomic E-state index is 5.66. The van der Waals surface area contributed by atoms with E-state index in [4.69, 9.17) is 23.7 Å². The van der Waals surface area contributed by atoms with Crippen LogP contribution < -0.4 is 28.6 Å². The first kappa shape index (κ1) is 20.8. The summed E-state index contributed by atoms with van der Waals surface area (Å²) in [5.41, 5.74) is 1.83. The Kier molecular flexibility index (Phi) is 5.88. The lowest BCUT2D eigenvalue weighted by Crippen LogP contribution is -2.21. The monoisotopic (exact) mass is 425 g/mol. The highest BCUT2D eigenvalue weighted by Gasteiger charge is 2.30. The van der Waals surface area contributed by atoms with Gasteiger partial charge in [-0.05, 0) is 18.6 Å². The Bertz CT molecular complexity index is 1090. The van der Waals surface area contributed by atoms with Crippen LogP contribution in [0.15, 0.2) is 30.6 Å². The van der Waals surface area contributed by atoms with Gasteiger partial charge in [0.05, 0.1) is 40.9 Å². The first-order valence-corrected chi connectivity index (χ1v) is 10.1. The van der Waals surface area contributed by atoms with Crippen LogP contribution in [0.4, 0.5) is 5.82 Å². The second kappa shape index (κ2) is 8.75. The number of hydrogen-bond donors (Lipinski definition) is 0. The first-order valence-electron chi connectivity index (χ1n) is 10.1. The van der Waals surface area contributed by atoms with Crippen molar-refractivity contribution in [2.75, 3.05) is 53.5 Å². The summed E-state index contributed by atoms with van der Waals surface area (Å²) in [4.78, 5) is 11.3. The predicted octanol–water partition coefficient (Wildman–Crippen LogP) is 3.67. The standard InChI is InChI=1S/C23H27N3O5/c1-27-17-8-6-7-15(20(17)29-3)14-9-10-26(12-14)23-16-11-18(28-2)21(30-4)22(31-5)19(16)24-13-25-23/h6-8,11,13-14H,9-10,12H2,1-5H3. The lowest BCUT2D eigenvalue weighted by Gasteiger charge is -2.22. The third kappa shape index (κ3) is 3.52. The molecule has 164 valence electrons. The van der Waals surface area contributed by atoms with E-state index < -0.39 is 0 Å². The molecule has 0 spiro atoms. The van der Waals surface area contributed by atoms with Gasteiger partial charge < -0.3 is 28.6 Å². The summed E-state index contributed by atoms with van der Waals surface area (Å²) in [6.45, 7) is 1.65. The Labute approximate surface area is 181 Å². The van der Waals surface area contributed by atoms with Gasteiger partial charge in [-0.25, -0.2) is 9.97 Å². The molecule has 0 N–H and O–H groups in total. The molecule has 2 heterocycles. The van der Waals surface area contributed by atoms with Crippen molar-refractivity contribution in [3.05, 3.63) is 36.2 Å². The van der Waals surface area contributed by atoms with Crippen molar-refractivity contribution in [2.24, 2.45) is 0 Å². The molecule has 1 aliphatic rings. The largest absolute Gasteiger partial charge is 0.493 e. The Morgan fingerprint density at radius 3 is 2.26 bits per heavy atom. The van der Waals surface area contributed by atoms with Crippen LogP contribution >= 0.6 is 0 Å². The Morgan fingerprint density at radius 1 is 0.839 bits per heavy atom. The van der Waals surface area contributed by atoms with Gasteiger partial charge in [-0.3, -0.25) is 0 Å². The summed E-state index contributed by atoms with van der Waals surface area (Å²) in [5, 5.41) is 0.857. The third-order valence-corrected chi connectivity index (χ3v) is 5.77. The molecular weight excluding hydrogens is 398 g/mol. The van der Waals surface area contributed by atoms with Gasteiger partial charge in [0.15, 0.2) is 23.0 Å². The van der Waals surface area contributed by atoms with Crippen molar-refractivity contribution in [3.8, 4) is 28.7 Å². The van der Waals surface area contributed by atoms with E-state index in [2.05, 4.69) is 20.9 Å². The van der Waals surface area contributed by atoms with E-state index in [1.165, 1.54) is 0 Å². The van der Waals surface area contributed by atoms with E-state index in [1.807, 2.05) is 18.2 Å². The molecule has 0 saturated carbocycles. The molecule has 0 amide bonds. The van der Waals surface area contributed by atoms with E-state index in [1.54, 1.807) is 41.9 Å². The molecule has 8 heteroatoms. The van der Waals surface area contributed by atoms with Crippen LogP contribution in [0.1, 0.15) is 17.9 Å². The fourth-order valence-corrected chi connectivity index (χ4v) is 4.34. The SMILES string of the molecule is COc1cccc(C2CCN(c3ncnc4c(OC)c(OC)c(OC)cc34)C2)c1OC. The van der Waals surface area contributed by atoms with Gasteiger partial charge in [-0.2, -0.15) is 0 Å². The summed E-state index contributed by atoms with van der Waals surface area (Å²) in [6.07, 6.45) is 2.53. The second-order valence-electron chi connectivity index (χ2n) is 7.25. The zero-order chi connectivity index (χ0) is 22.0. The summed E-state index contributed by atoms with van der Waals surface area (Å²) in [6, 6.07) is 7.93.